The molecule has 0 bridgehead atoms. The largest absolute Gasteiger partial charge is 0.293 e. The molecule has 122 valence electrons. The summed E-state index contributed by atoms with van der Waals surface area (Å²) < 4.78 is 13.9. The molecule has 0 N–H and O–H groups in total. The van der Waals surface area contributed by atoms with Crippen LogP contribution in [0, 0.1) is 5.82 Å². The highest BCUT2D eigenvalue weighted by molar-refractivity contribution is 8.18. The molecule has 2 aromatic rings. The molecule has 24 heavy (non-hydrogen) atoms. The Labute approximate surface area is 152 Å². The van der Waals surface area contributed by atoms with Crippen LogP contribution in [0.1, 0.15) is 11.1 Å². The third-order valence-electron chi connectivity index (χ3n) is 3.42. The summed E-state index contributed by atoms with van der Waals surface area (Å²) in [6, 6.07) is 11.1. The highest BCUT2D eigenvalue weighted by Gasteiger charge is 2.35. The molecule has 0 atom stereocenters. The van der Waals surface area contributed by atoms with Gasteiger partial charge in [0.1, 0.15) is 5.82 Å². The Bertz CT molecular complexity index is 832. The van der Waals surface area contributed by atoms with Crippen molar-refractivity contribution >= 4 is 52.2 Å². The maximum Gasteiger partial charge on any atom is 0.293 e. The molecular formula is C17H10Cl2FNO2S. The molecule has 0 radical (unpaired) electrons. The first-order valence-corrected chi connectivity index (χ1v) is 8.47. The Kier molecular flexibility index (Phi) is 4.94. The van der Waals surface area contributed by atoms with Gasteiger partial charge in [-0.3, -0.25) is 14.5 Å². The second kappa shape index (κ2) is 6.97. The first-order chi connectivity index (χ1) is 11.5. The molecule has 1 heterocycles. The minimum Gasteiger partial charge on any atom is -0.268 e. The van der Waals surface area contributed by atoms with E-state index in [0.717, 1.165) is 22.2 Å². The maximum absolute atomic E-state index is 13.9. The molecule has 1 fully saturated rings. The third-order valence-corrected chi connectivity index (χ3v) is 4.93. The highest BCUT2D eigenvalue weighted by atomic mass is 35.5. The SMILES string of the molecule is O=C1S/C(=C\c2ccc(Cl)cc2)C(=O)N1Cc1c(F)cccc1Cl. The number of nitrogens with zero attached hydrogens (tertiary/aromatic N) is 1. The van der Waals surface area contributed by atoms with Crippen molar-refractivity contribution in [3.63, 3.8) is 0 Å². The summed E-state index contributed by atoms with van der Waals surface area (Å²) in [5.74, 6) is -1.03. The van der Waals surface area contributed by atoms with Crippen molar-refractivity contribution in [1.29, 1.82) is 0 Å². The molecule has 0 saturated carbocycles. The van der Waals surface area contributed by atoms with E-state index in [1.165, 1.54) is 18.2 Å². The van der Waals surface area contributed by atoms with Gasteiger partial charge in [-0.2, -0.15) is 0 Å². The topological polar surface area (TPSA) is 37.4 Å². The van der Waals surface area contributed by atoms with Gasteiger partial charge in [0.25, 0.3) is 11.1 Å². The van der Waals surface area contributed by atoms with Crippen LogP contribution in [0.2, 0.25) is 10.0 Å². The predicted octanol–water partition coefficient (Wildman–Crippen LogP) is 5.37. The molecule has 1 aliphatic heterocycles. The molecule has 7 heteroatoms. The van der Waals surface area contributed by atoms with Crippen molar-refractivity contribution in [3.8, 4) is 0 Å². The van der Waals surface area contributed by atoms with Gasteiger partial charge in [0, 0.05) is 15.6 Å². The first kappa shape index (κ1) is 17.0. The van der Waals surface area contributed by atoms with Crippen LogP contribution in [0.25, 0.3) is 6.08 Å². The Morgan fingerprint density at radius 2 is 1.79 bits per heavy atom. The van der Waals surface area contributed by atoms with Gasteiger partial charge < -0.3 is 0 Å². The van der Waals surface area contributed by atoms with E-state index in [1.54, 1.807) is 30.3 Å². The zero-order valence-electron chi connectivity index (χ0n) is 12.1. The van der Waals surface area contributed by atoms with E-state index >= 15 is 0 Å². The molecule has 2 aromatic carbocycles. The zero-order chi connectivity index (χ0) is 17.3. The smallest absolute Gasteiger partial charge is 0.268 e. The Morgan fingerprint density at radius 1 is 1.08 bits per heavy atom. The number of rotatable bonds is 3. The van der Waals surface area contributed by atoms with Crippen LogP contribution >= 0.6 is 35.0 Å². The zero-order valence-corrected chi connectivity index (χ0v) is 14.5. The monoisotopic (exact) mass is 381 g/mol. The molecule has 1 saturated heterocycles. The lowest BCUT2D eigenvalue weighted by Crippen LogP contribution is -2.28. The molecular weight excluding hydrogens is 372 g/mol. The molecule has 0 unspecified atom stereocenters. The maximum atomic E-state index is 13.9. The lowest BCUT2D eigenvalue weighted by atomic mass is 10.2. The number of hydrogen-bond acceptors (Lipinski definition) is 3. The van der Waals surface area contributed by atoms with Crippen molar-refractivity contribution in [2.45, 2.75) is 6.54 Å². The summed E-state index contributed by atoms with van der Waals surface area (Å²) >= 11 is 12.6. The van der Waals surface area contributed by atoms with Gasteiger partial charge in [-0.05, 0) is 47.7 Å². The fourth-order valence-electron chi connectivity index (χ4n) is 2.19. The number of carbonyl (C=O) groups is 2. The molecule has 2 amide bonds. The third kappa shape index (κ3) is 3.48. The van der Waals surface area contributed by atoms with Crippen LogP contribution in [-0.2, 0) is 11.3 Å². The lowest BCUT2D eigenvalue weighted by Gasteiger charge is -2.14. The summed E-state index contributed by atoms with van der Waals surface area (Å²) in [6.45, 7) is -0.200. The molecule has 0 aromatic heterocycles. The molecule has 0 spiro atoms. The van der Waals surface area contributed by atoms with Gasteiger partial charge in [-0.1, -0.05) is 41.4 Å². The molecule has 0 aliphatic carbocycles. The molecule has 3 nitrogen and oxygen atoms in total. The van der Waals surface area contributed by atoms with E-state index in [1.807, 2.05) is 0 Å². The molecule has 1 aliphatic rings. The van der Waals surface area contributed by atoms with Crippen LogP contribution in [0.15, 0.2) is 47.4 Å². The predicted molar refractivity (Wildman–Crippen MR) is 94.4 cm³/mol. The van der Waals surface area contributed by atoms with E-state index in [0.29, 0.717) is 5.02 Å². The fourth-order valence-corrected chi connectivity index (χ4v) is 3.38. The Hall–Kier alpha value is -1.82. The number of benzene rings is 2. The van der Waals surface area contributed by atoms with E-state index in [9.17, 15) is 14.0 Å². The standard InChI is InChI=1S/C17H10Cl2FNO2S/c18-11-6-4-10(5-7-11)8-15-16(22)21(17(23)24-15)9-12-13(19)2-1-3-14(12)20/h1-8H,9H2/b15-8-. The van der Waals surface area contributed by atoms with Crippen LogP contribution in [0.5, 0.6) is 0 Å². The van der Waals surface area contributed by atoms with Gasteiger partial charge in [-0.25, -0.2) is 4.39 Å². The summed E-state index contributed by atoms with van der Waals surface area (Å²) in [5.41, 5.74) is 0.864. The highest BCUT2D eigenvalue weighted by Crippen LogP contribution is 2.34. The van der Waals surface area contributed by atoms with Crippen molar-refractivity contribution in [2.24, 2.45) is 0 Å². The van der Waals surface area contributed by atoms with E-state index < -0.39 is 17.0 Å². The van der Waals surface area contributed by atoms with E-state index in [-0.39, 0.29) is 22.0 Å². The minimum atomic E-state index is -0.553. The second-order valence-electron chi connectivity index (χ2n) is 5.02. The average molecular weight is 382 g/mol. The quantitative estimate of drug-likeness (QED) is 0.670. The Morgan fingerprint density at radius 3 is 2.46 bits per heavy atom. The summed E-state index contributed by atoms with van der Waals surface area (Å²) in [6.07, 6.45) is 1.60. The fraction of sp³-hybridized carbons (Fsp3) is 0.0588. The van der Waals surface area contributed by atoms with Crippen molar-refractivity contribution in [3.05, 3.63) is 74.4 Å². The van der Waals surface area contributed by atoms with Crippen molar-refractivity contribution in [2.75, 3.05) is 0 Å². The normalized spacial score (nSPS) is 16.3. The van der Waals surface area contributed by atoms with Crippen LogP contribution < -0.4 is 0 Å². The summed E-state index contributed by atoms with van der Waals surface area (Å²) in [7, 11) is 0. The van der Waals surface area contributed by atoms with Crippen molar-refractivity contribution in [1.82, 2.24) is 4.90 Å². The number of carbonyl (C=O) groups excluding carboxylic acids is 2. The minimum absolute atomic E-state index is 0.120. The van der Waals surface area contributed by atoms with Crippen molar-refractivity contribution < 1.29 is 14.0 Å². The number of imide groups is 1. The van der Waals surface area contributed by atoms with E-state index in [4.69, 9.17) is 23.2 Å². The Balaban J connectivity index is 1.85. The number of hydrogen-bond donors (Lipinski definition) is 0. The van der Waals surface area contributed by atoms with Gasteiger partial charge in [0.2, 0.25) is 0 Å². The number of halogens is 3. The van der Waals surface area contributed by atoms with Crippen LogP contribution in [0.3, 0.4) is 0 Å². The number of thioether (sulfide) groups is 1. The van der Waals surface area contributed by atoms with Gasteiger partial charge >= 0.3 is 0 Å². The second-order valence-corrected chi connectivity index (χ2v) is 6.86. The van der Waals surface area contributed by atoms with Gasteiger partial charge in [-0.15, -0.1) is 0 Å². The van der Waals surface area contributed by atoms with Crippen LogP contribution in [0.4, 0.5) is 9.18 Å². The first-order valence-electron chi connectivity index (χ1n) is 6.89. The summed E-state index contributed by atoms with van der Waals surface area (Å²) in [5, 5.41) is 0.296. The average Bonchev–Trinajstić information content (AvgIpc) is 2.80. The van der Waals surface area contributed by atoms with Gasteiger partial charge in [0.15, 0.2) is 0 Å². The number of amides is 2. The summed E-state index contributed by atoms with van der Waals surface area (Å²) in [4.78, 5) is 25.8. The van der Waals surface area contributed by atoms with E-state index in [2.05, 4.69) is 0 Å². The lowest BCUT2D eigenvalue weighted by molar-refractivity contribution is -0.123. The van der Waals surface area contributed by atoms with Crippen LogP contribution in [-0.4, -0.2) is 16.0 Å². The van der Waals surface area contributed by atoms with Gasteiger partial charge in [0.05, 0.1) is 11.4 Å². The molecule has 3 rings (SSSR count).